The van der Waals surface area contributed by atoms with Crippen molar-refractivity contribution < 1.29 is 4.74 Å². The van der Waals surface area contributed by atoms with Gasteiger partial charge in [0.25, 0.3) is 0 Å². The SMILES string of the molecule is CC(NCCCOCC1CC1)c1ccnn1C. The molecule has 4 nitrogen and oxygen atoms in total. The van der Waals surface area contributed by atoms with Gasteiger partial charge in [-0.25, -0.2) is 0 Å². The lowest BCUT2D eigenvalue weighted by Gasteiger charge is -2.14. The highest BCUT2D eigenvalue weighted by Gasteiger charge is 2.20. The van der Waals surface area contributed by atoms with E-state index in [9.17, 15) is 0 Å². The van der Waals surface area contributed by atoms with Gasteiger partial charge in [0, 0.05) is 32.5 Å². The predicted octanol–water partition coefficient (Wildman–Crippen LogP) is 1.89. The minimum Gasteiger partial charge on any atom is -0.381 e. The first-order chi connectivity index (χ1) is 8.27. The van der Waals surface area contributed by atoms with Gasteiger partial charge in [-0.1, -0.05) is 0 Å². The molecule has 1 aliphatic carbocycles. The van der Waals surface area contributed by atoms with E-state index in [2.05, 4.69) is 23.4 Å². The molecule has 1 aromatic heterocycles. The fraction of sp³-hybridized carbons (Fsp3) is 0.769. The van der Waals surface area contributed by atoms with E-state index in [0.717, 1.165) is 32.1 Å². The maximum Gasteiger partial charge on any atom is 0.0547 e. The summed E-state index contributed by atoms with van der Waals surface area (Å²) in [4.78, 5) is 0. The average Bonchev–Trinajstić information content (AvgIpc) is 3.04. The van der Waals surface area contributed by atoms with Crippen molar-refractivity contribution in [1.82, 2.24) is 15.1 Å². The molecule has 17 heavy (non-hydrogen) atoms. The van der Waals surface area contributed by atoms with E-state index in [-0.39, 0.29) is 0 Å². The second kappa shape index (κ2) is 6.17. The third-order valence-electron chi connectivity index (χ3n) is 3.27. The number of ether oxygens (including phenoxy) is 1. The van der Waals surface area contributed by atoms with Crippen LogP contribution in [0.4, 0.5) is 0 Å². The summed E-state index contributed by atoms with van der Waals surface area (Å²) in [6.07, 6.45) is 5.66. The van der Waals surface area contributed by atoms with Crippen molar-refractivity contribution in [3.8, 4) is 0 Å². The summed E-state index contributed by atoms with van der Waals surface area (Å²) >= 11 is 0. The van der Waals surface area contributed by atoms with Crippen LogP contribution in [-0.4, -0.2) is 29.5 Å². The molecule has 1 aliphatic rings. The predicted molar refractivity (Wildman–Crippen MR) is 67.8 cm³/mol. The Morgan fingerprint density at radius 1 is 1.59 bits per heavy atom. The Hall–Kier alpha value is -0.870. The van der Waals surface area contributed by atoms with Crippen LogP contribution in [0.5, 0.6) is 0 Å². The Kier molecular flexibility index (Phi) is 4.57. The molecule has 1 unspecified atom stereocenters. The van der Waals surface area contributed by atoms with Crippen molar-refractivity contribution in [2.45, 2.75) is 32.2 Å². The van der Waals surface area contributed by atoms with Crippen LogP contribution in [0.3, 0.4) is 0 Å². The molecule has 0 saturated heterocycles. The highest BCUT2D eigenvalue weighted by Crippen LogP contribution is 2.28. The average molecular weight is 237 g/mol. The van der Waals surface area contributed by atoms with E-state index < -0.39 is 0 Å². The van der Waals surface area contributed by atoms with Gasteiger partial charge in [0.2, 0.25) is 0 Å². The first kappa shape index (κ1) is 12.6. The topological polar surface area (TPSA) is 39.1 Å². The minimum absolute atomic E-state index is 0.353. The molecule has 1 atom stereocenters. The van der Waals surface area contributed by atoms with Gasteiger partial charge in [-0.15, -0.1) is 0 Å². The van der Waals surface area contributed by atoms with Gasteiger partial charge in [-0.05, 0) is 44.7 Å². The van der Waals surface area contributed by atoms with Crippen LogP contribution in [0.1, 0.15) is 37.9 Å². The number of aryl methyl sites for hydroxylation is 1. The smallest absolute Gasteiger partial charge is 0.0547 e. The van der Waals surface area contributed by atoms with Crippen LogP contribution in [0.25, 0.3) is 0 Å². The Morgan fingerprint density at radius 2 is 2.41 bits per heavy atom. The summed E-state index contributed by atoms with van der Waals surface area (Å²) in [7, 11) is 1.98. The fourth-order valence-electron chi connectivity index (χ4n) is 1.94. The van der Waals surface area contributed by atoms with Crippen molar-refractivity contribution in [3.05, 3.63) is 18.0 Å². The van der Waals surface area contributed by atoms with Crippen LogP contribution < -0.4 is 5.32 Å². The molecule has 1 fully saturated rings. The van der Waals surface area contributed by atoms with E-state index in [1.807, 2.05) is 17.9 Å². The molecule has 1 N–H and O–H groups in total. The largest absolute Gasteiger partial charge is 0.381 e. The van der Waals surface area contributed by atoms with E-state index in [1.165, 1.54) is 18.5 Å². The van der Waals surface area contributed by atoms with E-state index >= 15 is 0 Å². The first-order valence-corrected chi connectivity index (χ1v) is 6.56. The standard InChI is InChI=1S/C13H23N3O/c1-11(13-6-8-15-16(13)2)14-7-3-9-17-10-12-4-5-12/h6,8,11-12,14H,3-5,7,9-10H2,1-2H3. The third-order valence-corrected chi connectivity index (χ3v) is 3.27. The molecule has 1 saturated carbocycles. The van der Waals surface area contributed by atoms with Gasteiger partial charge in [0.15, 0.2) is 0 Å². The Labute approximate surface area is 103 Å². The summed E-state index contributed by atoms with van der Waals surface area (Å²) in [6.45, 7) is 5.01. The monoisotopic (exact) mass is 237 g/mol. The van der Waals surface area contributed by atoms with Crippen molar-refractivity contribution >= 4 is 0 Å². The van der Waals surface area contributed by atoms with Crippen molar-refractivity contribution in [1.29, 1.82) is 0 Å². The number of hydrogen-bond acceptors (Lipinski definition) is 3. The van der Waals surface area contributed by atoms with E-state index in [1.54, 1.807) is 0 Å². The zero-order chi connectivity index (χ0) is 12.1. The fourth-order valence-corrected chi connectivity index (χ4v) is 1.94. The van der Waals surface area contributed by atoms with Gasteiger partial charge in [0.05, 0.1) is 5.69 Å². The van der Waals surface area contributed by atoms with Crippen LogP contribution in [-0.2, 0) is 11.8 Å². The van der Waals surface area contributed by atoms with E-state index in [0.29, 0.717) is 6.04 Å². The van der Waals surface area contributed by atoms with Gasteiger partial charge in [-0.2, -0.15) is 5.10 Å². The lowest BCUT2D eigenvalue weighted by molar-refractivity contribution is 0.121. The second-order valence-corrected chi connectivity index (χ2v) is 4.93. The lowest BCUT2D eigenvalue weighted by atomic mass is 10.2. The molecule has 2 rings (SSSR count). The zero-order valence-corrected chi connectivity index (χ0v) is 10.9. The Balaban J connectivity index is 1.53. The van der Waals surface area contributed by atoms with Gasteiger partial charge in [-0.3, -0.25) is 4.68 Å². The van der Waals surface area contributed by atoms with Crippen LogP contribution in [0.15, 0.2) is 12.3 Å². The van der Waals surface area contributed by atoms with Crippen molar-refractivity contribution in [3.63, 3.8) is 0 Å². The maximum absolute atomic E-state index is 5.60. The van der Waals surface area contributed by atoms with Crippen LogP contribution in [0, 0.1) is 5.92 Å². The van der Waals surface area contributed by atoms with Gasteiger partial charge in [0.1, 0.15) is 0 Å². The van der Waals surface area contributed by atoms with Gasteiger partial charge >= 0.3 is 0 Å². The molecule has 0 radical (unpaired) electrons. The molecule has 96 valence electrons. The molecule has 0 spiro atoms. The number of nitrogens with zero attached hydrogens (tertiary/aromatic N) is 2. The summed E-state index contributed by atoms with van der Waals surface area (Å²) in [6, 6.07) is 2.41. The highest BCUT2D eigenvalue weighted by molar-refractivity contribution is 5.04. The highest BCUT2D eigenvalue weighted by atomic mass is 16.5. The summed E-state index contributed by atoms with van der Waals surface area (Å²) in [5.41, 5.74) is 1.23. The molecule has 0 bridgehead atoms. The number of nitrogens with one attached hydrogen (secondary N) is 1. The first-order valence-electron chi connectivity index (χ1n) is 6.56. The van der Waals surface area contributed by atoms with Crippen LogP contribution >= 0.6 is 0 Å². The molecular weight excluding hydrogens is 214 g/mol. The molecule has 0 aromatic carbocycles. The van der Waals surface area contributed by atoms with E-state index in [4.69, 9.17) is 4.74 Å². The second-order valence-electron chi connectivity index (χ2n) is 4.93. The maximum atomic E-state index is 5.60. The molecule has 1 aromatic rings. The normalized spacial score (nSPS) is 17.3. The third kappa shape index (κ3) is 4.13. The van der Waals surface area contributed by atoms with Crippen molar-refractivity contribution in [2.24, 2.45) is 13.0 Å². The molecule has 4 heteroatoms. The summed E-state index contributed by atoms with van der Waals surface area (Å²) in [5.74, 6) is 0.872. The number of aromatic nitrogens is 2. The molecule has 0 amide bonds. The molecule has 1 heterocycles. The van der Waals surface area contributed by atoms with Crippen molar-refractivity contribution in [2.75, 3.05) is 19.8 Å². The van der Waals surface area contributed by atoms with Gasteiger partial charge < -0.3 is 10.1 Å². The van der Waals surface area contributed by atoms with Crippen LogP contribution in [0.2, 0.25) is 0 Å². The number of rotatable bonds is 8. The number of hydrogen-bond donors (Lipinski definition) is 1. The lowest BCUT2D eigenvalue weighted by Crippen LogP contribution is -2.23. The minimum atomic E-state index is 0.353. The quantitative estimate of drug-likeness (QED) is 0.702. The molecule has 0 aliphatic heterocycles. The zero-order valence-electron chi connectivity index (χ0n) is 10.9. The Morgan fingerprint density at radius 3 is 3.06 bits per heavy atom. The Bertz CT molecular complexity index is 333. The summed E-state index contributed by atoms with van der Waals surface area (Å²) in [5, 5.41) is 7.66. The molecular formula is C13H23N3O. The summed E-state index contributed by atoms with van der Waals surface area (Å²) < 4.78 is 7.51.